The molecule has 2 heterocycles. The van der Waals surface area contributed by atoms with Crippen molar-refractivity contribution in [3.63, 3.8) is 0 Å². The van der Waals surface area contributed by atoms with Gasteiger partial charge in [-0.05, 0) is 36.2 Å². The van der Waals surface area contributed by atoms with Gasteiger partial charge in [0, 0.05) is 24.9 Å². The third-order valence-electron chi connectivity index (χ3n) is 5.14. The number of rotatable bonds is 10. The summed E-state index contributed by atoms with van der Waals surface area (Å²) in [5, 5.41) is 4.07. The number of ether oxygens (including phenoxy) is 1. The normalized spacial score (nSPS) is 10.8. The van der Waals surface area contributed by atoms with Crippen molar-refractivity contribution in [1.29, 1.82) is 0 Å². The summed E-state index contributed by atoms with van der Waals surface area (Å²) >= 11 is 0. The van der Waals surface area contributed by atoms with Gasteiger partial charge < -0.3 is 18.6 Å². The molecule has 2 aromatic heterocycles. The minimum absolute atomic E-state index is 0.0535. The van der Waals surface area contributed by atoms with Gasteiger partial charge in [-0.3, -0.25) is 4.79 Å². The molecule has 0 atom stereocenters. The van der Waals surface area contributed by atoms with E-state index < -0.39 is 0 Å². The van der Waals surface area contributed by atoms with Gasteiger partial charge in [-0.1, -0.05) is 47.6 Å². The maximum atomic E-state index is 13.0. The van der Waals surface area contributed by atoms with Crippen LogP contribution in [0.2, 0.25) is 0 Å². The standard InChI is InChI=1S/C25H25N3O4/c1-30-21-10-5-9-20(17-21)25-26-23(32-27-25)14-15-28(18-22-11-6-16-31-22)24(29)13-12-19-7-3-2-4-8-19/h2-11,16-17H,12-15,18H2,1H3. The Labute approximate surface area is 186 Å². The van der Waals surface area contributed by atoms with Crippen LogP contribution >= 0.6 is 0 Å². The molecule has 0 radical (unpaired) electrons. The first-order chi connectivity index (χ1) is 15.7. The molecule has 0 saturated carbocycles. The van der Waals surface area contributed by atoms with Crippen molar-refractivity contribution in [1.82, 2.24) is 15.0 Å². The van der Waals surface area contributed by atoms with Crippen LogP contribution in [-0.4, -0.2) is 34.6 Å². The molecule has 32 heavy (non-hydrogen) atoms. The smallest absolute Gasteiger partial charge is 0.228 e. The van der Waals surface area contributed by atoms with E-state index in [9.17, 15) is 4.79 Å². The van der Waals surface area contributed by atoms with Gasteiger partial charge in [-0.25, -0.2) is 0 Å². The van der Waals surface area contributed by atoms with Crippen LogP contribution in [0.1, 0.15) is 23.6 Å². The molecule has 0 saturated heterocycles. The van der Waals surface area contributed by atoms with Gasteiger partial charge in [-0.2, -0.15) is 4.98 Å². The number of carbonyl (C=O) groups is 1. The maximum absolute atomic E-state index is 13.0. The number of aryl methyl sites for hydroxylation is 1. The van der Waals surface area contributed by atoms with Gasteiger partial charge >= 0.3 is 0 Å². The first-order valence-corrected chi connectivity index (χ1v) is 10.5. The Morgan fingerprint density at radius 3 is 2.69 bits per heavy atom. The van der Waals surface area contributed by atoms with Crippen molar-refractivity contribution < 1.29 is 18.5 Å². The fourth-order valence-corrected chi connectivity index (χ4v) is 3.40. The lowest BCUT2D eigenvalue weighted by atomic mass is 10.1. The zero-order valence-corrected chi connectivity index (χ0v) is 17.9. The average Bonchev–Trinajstić information content (AvgIpc) is 3.53. The highest BCUT2D eigenvalue weighted by molar-refractivity contribution is 5.76. The molecule has 7 nitrogen and oxygen atoms in total. The van der Waals surface area contributed by atoms with Gasteiger partial charge in [0.1, 0.15) is 11.5 Å². The number of nitrogens with zero attached hydrogens (tertiary/aromatic N) is 3. The van der Waals surface area contributed by atoms with Crippen molar-refractivity contribution in [3.05, 3.63) is 90.2 Å². The minimum Gasteiger partial charge on any atom is -0.497 e. The van der Waals surface area contributed by atoms with Crippen molar-refractivity contribution in [3.8, 4) is 17.1 Å². The Bertz CT molecular complexity index is 1120. The Morgan fingerprint density at radius 2 is 1.91 bits per heavy atom. The summed E-state index contributed by atoms with van der Waals surface area (Å²) in [6, 6.07) is 21.2. The summed E-state index contributed by atoms with van der Waals surface area (Å²) in [6.45, 7) is 0.853. The molecule has 0 fully saturated rings. The third-order valence-corrected chi connectivity index (χ3v) is 5.14. The zero-order valence-electron chi connectivity index (χ0n) is 17.9. The van der Waals surface area contributed by atoms with Crippen molar-refractivity contribution >= 4 is 5.91 Å². The third kappa shape index (κ3) is 5.63. The van der Waals surface area contributed by atoms with Crippen LogP contribution in [0.3, 0.4) is 0 Å². The van der Waals surface area contributed by atoms with E-state index in [1.165, 1.54) is 0 Å². The quantitative estimate of drug-likeness (QED) is 0.367. The summed E-state index contributed by atoms with van der Waals surface area (Å²) in [7, 11) is 1.61. The lowest BCUT2D eigenvalue weighted by Crippen LogP contribution is -2.32. The van der Waals surface area contributed by atoms with E-state index in [2.05, 4.69) is 10.1 Å². The van der Waals surface area contributed by atoms with Crippen LogP contribution in [0.15, 0.2) is 81.9 Å². The van der Waals surface area contributed by atoms with Crippen LogP contribution < -0.4 is 4.74 Å². The monoisotopic (exact) mass is 431 g/mol. The van der Waals surface area contributed by atoms with Crippen molar-refractivity contribution in [2.24, 2.45) is 0 Å². The molecule has 2 aromatic carbocycles. The lowest BCUT2D eigenvalue weighted by molar-refractivity contribution is -0.132. The molecule has 0 spiro atoms. The number of methoxy groups -OCH3 is 1. The molecular weight excluding hydrogens is 406 g/mol. The van der Waals surface area contributed by atoms with E-state index in [4.69, 9.17) is 13.7 Å². The average molecular weight is 431 g/mol. The highest BCUT2D eigenvalue weighted by Crippen LogP contribution is 2.21. The topological polar surface area (TPSA) is 81.6 Å². The van der Waals surface area contributed by atoms with Gasteiger partial charge in [0.2, 0.25) is 17.6 Å². The number of hydrogen-bond donors (Lipinski definition) is 0. The van der Waals surface area contributed by atoms with Gasteiger partial charge in [0.05, 0.1) is 19.9 Å². The summed E-state index contributed by atoms with van der Waals surface area (Å²) in [5.41, 5.74) is 1.95. The number of amides is 1. The van der Waals surface area contributed by atoms with Crippen LogP contribution in [0.4, 0.5) is 0 Å². The van der Waals surface area contributed by atoms with E-state index in [0.29, 0.717) is 44.1 Å². The minimum atomic E-state index is 0.0535. The predicted molar refractivity (Wildman–Crippen MR) is 119 cm³/mol. The van der Waals surface area contributed by atoms with Crippen molar-refractivity contribution in [2.45, 2.75) is 25.8 Å². The summed E-state index contributed by atoms with van der Waals surface area (Å²) in [5.74, 6) is 2.48. The lowest BCUT2D eigenvalue weighted by Gasteiger charge is -2.21. The highest BCUT2D eigenvalue weighted by Gasteiger charge is 2.18. The number of benzene rings is 2. The molecule has 0 bridgehead atoms. The molecule has 0 aliphatic carbocycles. The molecule has 164 valence electrons. The molecule has 0 unspecified atom stereocenters. The Balaban J connectivity index is 1.40. The van der Waals surface area contributed by atoms with Gasteiger partial charge in [0.15, 0.2) is 0 Å². The number of aromatic nitrogens is 2. The zero-order chi connectivity index (χ0) is 22.2. The fourth-order valence-electron chi connectivity index (χ4n) is 3.40. The van der Waals surface area contributed by atoms with E-state index >= 15 is 0 Å². The summed E-state index contributed by atoms with van der Waals surface area (Å²) < 4.78 is 16.1. The fraction of sp³-hybridized carbons (Fsp3) is 0.240. The molecular formula is C25H25N3O4. The molecule has 0 aliphatic rings. The molecule has 0 N–H and O–H groups in total. The predicted octanol–water partition coefficient (Wildman–Crippen LogP) is 4.54. The molecule has 4 rings (SSSR count). The van der Waals surface area contributed by atoms with E-state index in [-0.39, 0.29) is 5.91 Å². The van der Waals surface area contributed by atoms with E-state index in [1.807, 2.05) is 66.7 Å². The van der Waals surface area contributed by atoms with Crippen LogP contribution in [0, 0.1) is 0 Å². The second kappa shape index (κ2) is 10.4. The first-order valence-electron chi connectivity index (χ1n) is 10.5. The number of furan rings is 1. The van der Waals surface area contributed by atoms with Crippen LogP contribution in [0.25, 0.3) is 11.4 Å². The van der Waals surface area contributed by atoms with Gasteiger partial charge in [-0.15, -0.1) is 0 Å². The summed E-state index contributed by atoms with van der Waals surface area (Å²) in [4.78, 5) is 19.2. The largest absolute Gasteiger partial charge is 0.497 e. The summed E-state index contributed by atoms with van der Waals surface area (Å²) in [6.07, 6.45) is 3.17. The van der Waals surface area contributed by atoms with E-state index in [1.54, 1.807) is 18.3 Å². The highest BCUT2D eigenvalue weighted by atomic mass is 16.5. The molecule has 0 aliphatic heterocycles. The van der Waals surface area contributed by atoms with Crippen molar-refractivity contribution in [2.75, 3.05) is 13.7 Å². The van der Waals surface area contributed by atoms with Gasteiger partial charge in [0.25, 0.3) is 0 Å². The van der Waals surface area contributed by atoms with Crippen LogP contribution in [0.5, 0.6) is 5.75 Å². The second-order valence-electron chi connectivity index (χ2n) is 7.37. The number of carbonyl (C=O) groups excluding carboxylic acids is 1. The Morgan fingerprint density at radius 1 is 1.03 bits per heavy atom. The number of hydrogen-bond acceptors (Lipinski definition) is 6. The second-order valence-corrected chi connectivity index (χ2v) is 7.37. The SMILES string of the molecule is COc1cccc(-c2noc(CCN(Cc3ccco3)C(=O)CCc3ccccc3)n2)c1. The van der Waals surface area contributed by atoms with Crippen LogP contribution in [-0.2, 0) is 24.2 Å². The molecule has 7 heteroatoms. The Kier molecular flexibility index (Phi) is 6.97. The first kappa shape index (κ1) is 21.4. The maximum Gasteiger partial charge on any atom is 0.228 e. The molecule has 4 aromatic rings. The van der Waals surface area contributed by atoms with E-state index in [0.717, 1.165) is 22.6 Å². The molecule has 1 amide bonds. The Hall–Kier alpha value is -3.87.